The quantitative estimate of drug-likeness (QED) is 0.349. The van der Waals surface area contributed by atoms with Crippen LogP contribution in [0.15, 0.2) is 23.3 Å². The van der Waals surface area contributed by atoms with E-state index in [1.807, 2.05) is 6.08 Å². The number of terminal acetylenes is 1. The van der Waals surface area contributed by atoms with Crippen molar-refractivity contribution in [2.45, 2.75) is 51.8 Å². The van der Waals surface area contributed by atoms with Crippen LogP contribution < -0.4 is 0 Å². The molecule has 2 radical (unpaired) electrons. The Labute approximate surface area is 102 Å². The molecule has 0 saturated heterocycles. The van der Waals surface area contributed by atoms with Crippen LogP contribution in [0.2, 0.25) is 5.31 Å². The van der Waals surface area contributed by atoms with Crippen molar-refractivity contribution in [3.63, 3.8) is 0 Å². The molecule has 0 bridgehead atoms. The average molecular weight is 212 g/mol. The highest BCUT2D eigenvalue weighted by Gasteiger charge is 2.31. The molecule has 0 N–H and O–H groups in total. The summed E-state index contributed by atoms with van der Waals surface area (Å²) in [7, 11) is 6.50. The molecule has 1 unspecified atom stereocenters. The van der Waals surface area contributed by atoms with Crippen molar-refractivity contribution in [2.24, 2.45) is 5.92 Å². The smallest absolute Gasteiger partial charge is 0.0754 e. The van der Waals surface area contributed by atoms with Gasteiger partial charge in [-0.25, -0.2) is 0 Å². The Morgan fingerprint density at radius 2 is 2.12 bits per heavy atom. The van der Waals surface area contributed by atoms with E-state index in [2.05, 4.69) is 32.8 Å². The highest BCUT2D eigenvalue weighted by molar-refractivity contribution is 6.15. The van der Waals surface area contributed by atoms with Crippen LogP contribution in [0.5, 0.6) is 0 Å². The maximum atomic E-state index is 6.50. The van der Waals surface area contributed by atoms with E-state index in [4.69, 9.17) is 14.3 Å². The van der Waals surface area contributed by atoms with Gasteiger partial charge < -0.3 is 0 Å². The standard InChI is InChI=1S/C15H21B/c1-5-8-14-11-15(16,12(3)4)10-7-9-13(14)6-2/h1,6,8,12H,7,9-11H2,2-4H3/b13-6-,14-8-. The lowest BCUT2D eigenvalue weighted by molar-refractivity contribution is 0.384. The van der Waals surface area contributed by atoms with Gasteiger partial charge in [0.1, 0.15) is 0 Å². The zero-order valence-electron chi connectivity index (χ0n) is 10.7. The lowest BCUT2D eigenvalue weighted by atomic mass is 9.57. The summed E-state index contributed by atoms with van der Waals surface area (Å²) in [6.07, 6.45) is 13.7. The SMILES string of the molecule is [B]C1(C(C)C)CCCC(=C/C)/C(=C\C#C)C1. The largest absolute Gasteiger partial charge is 0.115 e. The minimum Gasteiger partial charge on any atom is -0.115 e. The molecule has 1 aliphatic rings. The molecule has 0 spiro atoms. The monoisotopic (exact) mass is 212 g/mol. The van der Waals surface area contributed by atoms with E-state index in [1.54, 1.807) is 0 Å². The fraction of sp³-hybridized carbons (Fsp3) is 0.600. The van der Waals surface area contributed by atoms with Crippen molar-refractivity contribution < 1.29 is 0 Å². The Morgan fingerprint density at radius 3 is 2.62 bits per heavy atom. The van der Waals surface area contributed by atoms with Crippen molar-refractivity contribution >= 4 is 7.85 Å². The predicted molar refractivity (Wildman–Crippen MR) is 72.4 cm³/mol. The van der Waals surface area contributed by atoms with Crippen LogP contribution in [0.3, 0.4) is 0 Å². The normalized spacial score (nSPS) is 31.7. The fourth-order valence-electron chi connectivity index (χ4n) is 2.39. The molecular formula is C15H21B. The maximum Gasteiger partial charge on any atom is 0.0754 e. The zero-order chi connectivity index (χ0) is 12.2. The molecule has 1 rings (SSSR count). The molecule has 16 heavy (non-hydrogen) atoms. The highest BCUT2D eigenvalue weighted by atomic mass is 14.3. The molecule has 0 aromatic heterocycles. The summed E-state index contributed by atoms with van der Waals surface area (Å²) in [4.78, 5) is 0. The van der Waals surface area contributed by atoms with Crippen LogP contribution in [-0.4, -0.2) is 7.85 Å². The molecular weight excluding hydrogens is 191 g/mol. The van der Waals surface area contributed by atoms with Gasteiger partial charge in [0.05, 0.1) is 7.85 Å². The molecule has 1 saturated carbocycles. The summed E-state index contributed by atoms with van der Waals surface area (Å²) < 4.78 is 0. The molecule has 0 aromatic rings. The summed E-state index contributed by atoms with van der Waals surface area (Å²) in [5.74, 6) is 3.14. The van der Waals surface area contributed by atoms with Crippen molar-refractivity contribution in [3.8, 4) is 12.3 Å². The van der Waals surface area contributed by atoms with Gasteiger partial charge in [0.2, 0.25) is 0 Å². The molecule has 1 fully saturated rings. The summed E-state index contributed by atoms with van der Waals surface area (Å²) in [6.45, 7) is 6.49. The summed E-state index contributed by atoms with van der Waals surface area (Å²) >= 11 is 0. The van der Waals surface area contributed by atoms with Crippen LogP contribution in [0, 0.1) is 18.3 Å². The molecule has 0 aromatic carbocycles. The van der Waals surface area contributed by atoms with Gasteiger partial charge in [-0.3, -0.25) is 0 Å². The Hall–Kier alpha value is -0.895. The second-order valence-corrected chi connectivity index (χ2v) is 5.07. The van der Waals surface area contributed by atoms with Crippen LogP contribution >= 0.6 is 0 Å². The Kier molecular flexibility index (Phi) is 4.48. The Bertz CT molecular complexity index is 341. The van der Waals surface area contributed by atoms with Gasteiger partial charge in [0.15, 0.2) is 0 Å². The van der Waals surface area contributed by atoms with Crippen LogP contribution in [0.25, 0.3) is 0 Å². The van der Waals surface area contributed by atoms with Crippen LogP contribution in [-0.2, 0) is 0 Å². The Morgan fingerprint density at radius 1 is 1.44 bits per heavy atom. The molecule has 84 valence electrons. The molecule has 1 aliphatic carbocycles. The first-order valence-electron chi connectivity index (χ1n) is 6.13. The van der Waals surface area contributed by atoms with E-state index >= 15 is 0 Å². The van der Waals surface area contributed by atoms with Gasteiger partial charge >= 0.3 is 0 Å². The highest BCUT2D eigenvalue weighted by Crippen LogP contribution is 2.48. The second kappa shape index (κ2) is 5.44. The van der Waals surface area contributed by atoms with Crippen molar-refractivity contribution in [1.29, 1.82) is 0 Å². The first-order chi connectivity index (χ1) is 7.53. The topological polar surface area (TPSA) is 0 Å². The zero-order valence-corrected chi connectivity index (χ0v) is 10.7. The number of allylic oxidation sites excluding steroid dienone is 4. The third-order valence-electron chi connectivity index (χ3n) is 3.78. The van der Waals surface area contributed by atoms with Gasteiger partial charge in [-0.1, -0.05) is 37.6 Å². The van der Waals surface area contributed by atoms with Gasteiger partial charge in [0, 0.05) is 0 Å². The van der Waals surface area contributed by atoms with Crippen molar-refractivity contribution in [1.82, 2.24) is 0 Å². The van der Waals surface area contributed by atoms with Crippen molar-refractivity contribution in [3.05, 3.63) is 23.3 Å². The van der Waals surface area contributed by atoms with E-state index < -0.39 is 0 Å². The minimum atomic E-state index is -0.0898. The van der Waals surface area contributed by atoms with Gasteiger partial charge in [-0.15, -0.1) is 6.42 Å². The first kappa shape index (κ1) is 13.2. The van der Waals surface area contributed by atoms with Crippen LogP contribution in [0.1, 0.15) is 46.5 Å². The number of hydrogen-bond donors (Lipinski definition) is 0. The minimum absolute atomic E-state index is 0.0898. The van der Waals surface area contributed by atoms with E-state index in [0.717, 1.165) is 25.7 Å². The van der Waals surface area contributed by atoms with Crippen LogP contribution in [0.4, 0.5) is 0 Å². The lowest BCUT2D eigenvalue weighted by Gasteiger charge is -2.33. The average Bonchev–Trinajstić information content (AvgIpc) is 2.39. The molecule has 0 amide bonds. The van der Waals surface area contributed by atoms with Crippen molar-refractivity contribution in [2.75, 3.05) is 0 Å². The third kappa shape index (κ3) is 2.82. The van der Waals surface area contributed by atoms with E-state index in [0.29, 0.717) is 5.92 Å². The second-order valence-electron chi connectivity index (χ2n) is 5.07. The molecule has 1 heteroatoms. The van der Waals surface area contributed by atoms with Gasteiger partial charge in [0.25, 0.3) is 0 Å². The summed E-state index contributed by atoms with van der Waals surface area (Å²) in [5.41, 5.74) is 2.64. The molecule has 0 aliphatic heterocycles. The maximum absolute atomic E-state index is 6.50. The molecule has 0 nitrogen and oxygen atoms in total. The number of hydrogen-bond acceptors (Lipinski definition) is 0. The van der Waals surface area contributed by atoms with Gasteiger partial charge in [-0.05, 0) is 49.3 Å². The lowest BCUT2D eigenvalue weighted by Crippen LogP contribution is -2.19. The summed E-state index contributed by atoms with van der Waals surface area (Å²) in [6, 6.07) is 0. The first-order valence-corrected chi connectivity index (χ1v) is 6.13. The summed E-state index contributed by atoms with van der Waals surface area (Å²) in [5, 5.41) is -0.0898. The van der Waals surface area contributed by atoms with E-state index in [9.17, 15) is 0 Å². The third-order valence-corrected chi connectivity index (χ3v) is 3.78. The predicted octanol–water partition coefficient (Wildman–Crippen LogP) is 4.05. The fourth-order valence-corrected chi connectivity index (χ4v) is 2.39. The molecule has 0 heterocycles. The van der Waals surface area contributed by atoms with E-state index in [1.165, 1.54) is 11.1 Å². The van der Waals surface area contributed by atoms with Gasteiger partial charge in [-0.2, -0.15) is 0 Å². The number of rotatable bonds is 1. The Balaban J connectivity index is 3.03. The van der Waals surface area contributed by atoms with E-state index in [-0.39, 0.29) is 5.31 Å². The molecule has 1 atom stereocenters.